The summed E-state index contributed by atoms with van der Waals surface area (Å²) >= 11 is 0. The van der Waals surface area contributed by atoms with Gasteiger partial charge in [-0.15, -0.1) is 0 Å². The molecule has 0 saturated carbocycles. The molecule has 0 atom stereocenters. The number of fused-ring (bicyclic) bond motifs is 10. The minimum atomic E-state index is -0.0420. The summed E-state index contributed by atoms with van der Waals surface area (Å²) < 4.78 is 5.38. The van der Waals surface area contributed by atoms with Crippen LogP contribution < -0.4 is 32.8 Å². The molecule has 2 aliphatic rings. The Morgan fingerprint density at radius 3 is 1.24 bits per heavy atom. The number of rotatable bonds is 10. The van der Waals surface area contributed by atoms with E-state index in [9.17, 15) is 0 Å². The van der Waals surface area contributed by atoms with Crippen molar-refractivity contribution >= 4 is 89.8 Å². The summed E-state index contributed by atoms with van der Waals surface area (Å²) in [5.41, 5.74) is 30.0. The lowest BCUT2D eigenvalue weighted by Crippen LogP contribution is -2.61. The third-order valence-electron chi connectivity index (χ3n) is 17.7. The number of benzene rings is 9. The molecule has 0 saturated heterocycles. The average molecular weight is 985 g/mol. The van der Waals surface area contributed by atoms with Gasteiger partial charge in [0.1, 0.15) is 0 Å². The first-order chi connectivity index (χ1) is 36.7. The Morgan fingerprint density at radius 2 is 0.724 bits per heavy atom. The normalized spacial score (nSPS) is 13.1. The topological polar surface area (TPSA) is 9.86 Å². The SMILES string of the molecule is CC(C)c1cc(C(C)C)c(B2c3cc4c(cc3-n3c5ccc(-c6ccccc6)cc5c5cccc2c53)B(c2c(C(C)C)cc(C(C)C)cc2C(C)C)c2cc(-c3ccccc3)cc3c5ccccc5n-4c23)c(C(C)C)c1. The highest BCUT2D eigenvalue weighted by atomic mass is 15.0. The maximum atomic E-state index is 2.71. The monoisotopic (exact) mass is 985 g/mol. The molecular formula is C72H70B2N2. The zero-order chi connectivity index (χ0) is 52.6. The molecule has 0 spiro atoms. The highest BCUT2D eigenvalue weighted by Gasteiger charge is 2.43. The van der Waals surface area contributed by atoms with Crippen molar-refractivity contribution in [3.63, 3.8) is 0 Å². The first-order valence-corrected chi connectivity index (χ1v) is 28.5. The summed E-state index contributed by atoms with van der Waals surface area (Å²) in [4.78, 5) is 0. The molecule has 11 aromatic rings. The Kier molecular flexibility index (Phi) is 11.6. The molecule has 4 heteroatoms. The molecule has 374 valence electrons. The van der Waals surface area contributed by atoms with Gasteiger partial charge in [0.25, 0.3) is 0 Å². The molecule has 0 aliphatic carbocycles. The predicted octanol–water partition coefficient (Wildman–Crippen LogP) is 15.6. The molecule has 2 aliphatic heterocycles. The molecule has 4 heterocycles. The molecule has 0 fully saturated rings. The lowest BCUT2D eigenvalue weighted by molar-refractivity contribution is 0.812. The van der Waals surface area contributed by atoms with Gasteiger partial charge in [-0.3, -0.25) is 0 Å². The van der Waals surface area contributed by atoms with Crippen molar-refractivity contribution < 1.29 is 0 Å². The van der Waals surface area contributed by atoms with Crippen LogP contribution in [0.4, 0.5) is 0 Å². The molecule has 9 aromatic carbocycles. The third kappa shape index (κ3) is 7.29. The van der Waals surface area contributed by atoms with E-state index >= 15 is 0 Å². The maximum Gasteiger partial charge on any atom is 0.247 e. The minimum Gasteiger partial charge on any atom is -0.310 e. The Bertz CT molecular complexity index is 4070. The lowest BCUT2D eigenvalue weighted by atomic mass is 9.31. The van der Waals surface area contributed by atoms with Gasteiger partial charge in [0, 0.05) is 44.0 Å². The third-order valence-corrected chi connectivity index (χ3v) is 17.7. The van der Waals surface area contributed by atoms with Crippen LogP contribution in [-0.4, -0.2) is 22.6 Å². The molecule has 2 nitrogen and oxygen atoms in total. The second-order valence-corrected chi connectivity index (χ2v) is 24.3. The van der Waals surface area contributed by atoms with Gasteiger partial charge in [-0.25, -0.2) is 0 Å². The van der Waals surface area contributed by atoms with Gasteiger partial charge in [-0.05, 0) is 149 Å². The Hall–Kier alpha value is -7.29. The second-order valence-electron chi connectivity index (χ2n) is 24.3. The van der Waals surface area contributed by atoms with Crippen molar-refractivity contribution in [2.75, 3.05) is 0 Å². The zero-order valence-electron chi connectivity index (χ0n) is 46.7. The number of para-hydroxylation sites is 2. The molecule has 76 heavy (non-hydrogen) atoms. The van der Waals surface area contributed by atoms with E-state index in [0.717, 1.165) is 0 Å². The fraction of sp³-hybridized carbons (Fsp3) is 0.250. The highest BCUT2D eigenvalue weighted by Crippen LogP contribution is 2.41. The van der Waals surface area contributed by atoms with Crippen LogP contribution in [0.3, 0.4) is 0 Å². The van der Waals surface area contributed by atoms with E-state index in [1.165, 1.54) is 143 Å². The second kappa shape index (κ2) is 18.2. The van der Waals surface area contributed by atoms with Crippen LogP contribution in [0.1, 0.15) is 152 Å². The Labute approximate surface area is 452 Å². The maximum absolute atomic E-state index is 2.71. The molecule has 0 radical (unpaired) electrons. The molecule has 0 N–H and O–H groups in total. The van der Waals surface area contributed by atoms with Crippen LogP contribution in [0.5, 0.6) is 0 Å². The van der Waals surface area contributed by atoms with Crippen molar-refractivity contribution in [1.29, 1.82) is 0 Å². The number of aromatic nitrogens is 2. The summed E-state index contributed by atoms with van der Waals surface area (Å²) in [5, 5.41) is 5.23. The predicted molar refractivity (Wildman–Crippen MR) is 333 cm³/mol. The lowest BCUT2D eigenvalue weighted by Gasteiger charge is -2.36. The van der Waals surface area contributed by atoms with Crippen LogP contribution in [0.15, 0.2) is 170 Å². The van der Waals surface area contributed by atoms with E-state index in [-0.39, 0.29) is 13.4 Å². The number of hydrogen-bond donors (Lipinski definition) is 0. The van der Waals surface area contributed by atoms with Crippen LogP contribution in [0.2, 0.25) is 0 Å². The number of hydrogen-bond acceptors (Lipinski definition) is 0. The van der Waals surface area contributed by atoms with Crippen LogP contribution >= 0.6 is 0 Å². The summed E-state index contributed by atoms with van der Waals surface area (Å²) in [6.45, 7) is 28.8. The van der Waals surface area contributed by atoms with Gasteiger partial charge >= 0.3 is 0 Å². The molecule has 13 rings (SSSR count). The molecule has 2 aromatic heterocycles. The highest BCUT2D eigenvalue weighted by molar-refractivity contribution is 7.00. The van der Waals surface area contributed by atoms with Crippen molar-refractivity contribution in [3.05, 3.63) is 203 Å². The van der Waals surface area contributed by atoms with Crippen LogP contribution in [0, 0.1) is 0 Å². The quantitative estimate of drug-likeness (QED) is 0.121. The van der Waals surface area contributed by atoms with Crippen LogP contribution in [-0.2, 0) is 0 Å². The van der Waals surface area contributed by atoms with Crippen molar-refractivity contribution in [2.24, 2.45) is 0 Å². The fourth-order valence-electron chi connectivity index (χ4n) is 13.9. The van der Waals surface area contributed by atoms with Gasteiger partial charge in [0.15, 0.2) is 0 Å². The summed E-state index contributed by atoms with van der Waals surface area (Å²) in [6.07, 6.45) is 0. The summed E-state index contributed by atoms with van der Waals surface area (Å²) in [6, 6.07) is 66.5. The van der Waals surface area contributed by atoms with Crippen LogP contribution in [0.25, 0.3) is 77.2 Å². The van der Waals surface area contributed by atoms with Crippen molar-refractivity contribution in [1.82, 2.24) is 9.13 Å². The van der Waals surface area contributed by atoms with E-state index in [2.05, 4.69) is 262 Å². The Morgan fingerprint density at radius 1 is 0.289 bits per heavy atom. The largest absolute Gasteiger partial charge is 0.310 e. The van der Waals surface area contributed by atoms with E-state index in [1.807, 2.05) is 0 Å². The summed E-state index contributed by atoms with van der Waals surface area (Å²) in [7, 11) is 0. The fourth-order valence-corrected chi connectivity index (χ4v) is 13.9. The van der Waals surface area contributed by atoms with Gasteiger partial charge in [0.05, 0.1) is 11.0 Å². The minimum absolute atomic E-state index is 0.00851. The van der Waals surface area contributed by atoms with E-state index < -0.39 is 0 Å². The first-order valence-electron chi connectivity index (χ1n) is 28.5. The van der Waals surface area contributed by atoms with Gasteiger partial charge in [-0.2, -0.15) is 0 Å². The van der Waals surface area contributed by atoms with E-state index in [0.29, 0.717) is 35.5 Å². The van der Waals surface area contributed by atoms with Gasteiger partial charge < -0.3 is 9.13 Å². The summed E-state index contributed by atoms with van der Waals surface area (Å²) in [5.74, 6) is 2.11. The van der Waals surface area contributed by atoms with E-state index in [4.69, 9.17) is 0 Å². The van der Waals surface area contributed by atoms with Gasteiger partial charge in [0.2, 0.25) is 13.4 Å². The molecule has 0 bridgehead atoms. The number of nitrogens with zero attached hydrogens (tertiary/aromatic N) is 2. The van der Waals surface area contributed by atoms with E-state index in [1.54, 1.807) is 0 Å². The molecular weight excluding hydrogens is 914 g/mol. The van der Waals surface area contributed by atoms with Gasteiger partial charge in [-0.1, -0.05) is 227 Å². The molecule has 0 unspecified atom stereocenters. The Balaban J connectivity index is 1.24. The zero-order valence-corrected chi connectivity index (χ0v) is 46.7. The average Bonchev–Trinajstić information content (AvgIpc) is 4.16. The van der Waals surface area contributed by atoms with Crippen molar-refractivity contribution in [2.45, 2.75) is 119 Å². The first kappa shape index (κ1) is 48.4. The molecule has 0 amide bonds. The van der Waals surface area contributed by atoms with Crippen molar-refractivity contribution in [3.8, 4) is 33.6 Å². The smallest absolute Gasteiger partial charge is 0.247 e. The standard InChI is InChI=1S/C72H70B2N2/c1-41(2)50-33-55(43(5)6)69(56(34-50)44(7)8)73-61-28-21-27-54-59-32-49(47-22-15-13-16-23-47)30-31-66(59)76(71(54)61)67-40-63-68(39-62(67)73)75-65-29-20-19-26-53(65)60-37-52(48-24-17-14-18-25-48)38-64(72(60)75)74(63)70-57(45(9)10)35-51(42(3)4)36-58(70)46(11)12/h13-46H,1-12H3.